The molecule has 1 aliphatic carbocycles. The van der Waals surface area contributed by atoms with Crippen LogP contribution in [0.25, 0.3) is 0 Å². The first kappa shape index (κ1) is 19.6. The summed E-state index contributed by atoms with van der Waals surface area (Å²) in [6.45, 7) is 2.98. The van der Waals surface area contributed by atoms with Crippen molar-refractivity contribution in [2.45, 2.75) is 39.2 Å². The van der Waals surface area contributed by atoms with Gasteiger partial charge in [-0.25, -0.2) is 5.43 Å². The molecule has 0 aromatic heterocycles. The van der Waals surface area contributed by atoms with Crippen LogP contribution in [0, 0.1) is 0 Å². The predicted octanol–water partition coefficient (Wildman–Crippen LogP) is 3.89. The molecule has 1 amide bonds. The largest absolute Gasteiger partial charge is 0.494 e. The number of benzene rings is 2. The summed E-state index contributed by atoms with van der Waals surface area (Å²) in [6.07, 6.45) is 2.50. The lowest BCUT2D eigenvalue weighted by atomic mass is 9.97. The topological polar surface area (TPSA) is 77.0 Å². The van der Waals surface area contributed by atoms with Crippen LogP contribution < -0.4 is 14.9 Å². The van der Waals surface area contributed by atoms with E-state index in [1.807, 2.05) is 43.3 Å². The smallest absolute Gasteiger partial charge is 0.271 e. The Labute approximate surface area is 164 Å². The van der Waals surface area contributed by atoms with Crippen LogP contribution in [-0.4, -0.2) is 24.0 Å². The second kappa shape index (κ2) is 9.69. The summed E-state index contributed by atoms with van der Waals surface area (Å²) in [5.41, 5.74) is 4.74. The number of carbonyl (C=O) groups is 2. The Morgan fingerprint density at radius 3 is 2.32 bits per heavy atom. The number of Topliss-reactive ketones (excluding diaryl/α,β-unsaturated/α-hetero) is 1. The van der Waals surface area contributed by atoms with E-state index in [0.717, 1.165) is 35.6 Å². The lowest BCUT2D eigenvalue weighted by Crippen LogP contribution is -2.22. The van der Waals surface area contributed by atoms with Gasteiger partial charge in [-0.1, -0.05) is 12.1 Å². The molecule has 6 nitrogen and oxygen atoms in total. The van der Waals surface area contributed by atoms with Crippen LogP contribution in [0.4, 0.5) is 0 Å². The number of ketones is 1. The summed E-state index contributed by atoms with van der Waals surface area (Å²) in [7, 11) is 0. The van der Waals surface area contributed by atoms with Gasteiger partial charge in [-0.2, -0.15) is 5.10 Å². The van der Waals surface area contributed by atoms with Crippen molar-refractivity contribution in [3.63, 3.8) is 0 Å². The third-order valence-electron chi connectivity index (χ3n) is 4.39. The van der Waals surface area contributed by atoms with Crippen LogP contribution in [0.2, 0.25) is 0 Å². The van der Waals surface area contributed by atoms with Gasteiger partial charge >= 0.3 is 0 Å². The fourth-order valence-electron chi connectivity index (χ4n) is 2.90. The number of carbonyl (C=O) groups excluding carboxylic acids is 2. The molecular formula is C22H24N2O4. The molecule has 2 aromatic rings. The molecule has 0 aliphatic heterocycles. The van der Waals surface area contributed by atoms with Gasteiger partial charge in [0.15, 0.2) is 0 Å². The molecule has 0 bridgehead atoms. The van der Waals surface area contributed by atoms with E-state index < -0.39 is 0 Å². The first-order valence-corrected chi connectivity index (χ1v) is 9.46. The summed E-state index contributed by atoms with van der Waals surface area (Å²) in [5.74, 6) is 1.45. The highest BCUT2D eigenvalue weighted by Crippen LogP contribution is 2.19. The van der Waals surface area contributed by atoms with Gasteiger partial charge in [0.25, 0.3) is 5.91 Å². The molecule has 0 heterocycles. The van der Waals surface area contributed by atoms with Crippen molar-refractivity contribution >= 4 is 17.4 Å². The Balaban J connectivity index is 1.50. The highest BCUT2D eigenvalue weighted by molar-refractivity contribution is 6.04. The maximum absolute atomic E-state index is 12.2. The van der Waals surface area contributed by atoms with E-state index >= 15 is 0 Å². The predicted molar refractivity (Wildman–Crippen MR) is 107 cm³/mol. The molecule has 28 heavy (non-hydrogen) atoms. The molecular weight excluding hydrogens is 356 g/mol. The molecule has 3 rings (SSSR count). The number of ether oxygens (including phenoxy) is 2. The third-order valence-corrected chi connectivity index (χ3v) is 4.39. The molecule has 0 atom stereocenters. The Kier molecular flexibility index (Phi) is 6.78. The van der Waals surface area contributed by atoms with Crippen molar-refractivity contribution in [1.82, 2.24) is 5.43 Å². The molecule has 1 saturated carbocycles. The molecule has 1 N–H and O–H groups in total. The minimum atomic E-state index is -0.287. The van der Waals surface area contributed by atoms with Crippen LogP contribution in [0.3, 0.4) is 0 Å². The zero-order valence-corrected chi connectivity index (χ0v) is 15.9. The molecule has 6 heteroatoms. The Bertz CT molecular complexity index is 842. The Morgan fingerprint density at radius 2 is 1.68 bits per heavy atom. The molecule has 1 aliphatic rings. The third kappa shape index (κ3) is 5.67. The van der Waals surface area contributed by atoms with Crippen molar-refractivity contribution in [2.24, 2.45) is 5.10 Å². The second-order valence-corrected chi connectivity index (χ2v) is 6.58. The van der Waals surface area contributed by atoms with E-state index in [9.17, 15) is 9.59 Å². The van der Waals surface area contributed by atoms with Crippen molar-refractivity contribution < 1.29 is 19.1 Å². The Hall–Kier alpha value is -3.15. The van der Waals surface area contributed by atoms with Crippen LogP contribution in [-0.2, 0) is 11.4 Å². The van der Waals surface area contributed by atoms with Crippen LogP contribution in [0.1, 0.15) is 48.5 Å². The summed E-state index contributed by atoms with van der Waals surface area (Å²) >= 11 is 0. The summed E-state index contributed by atoms with van der Waals surface area (Å²) in [4.78, 5) is 23.6. The average molecular weight is 380 g/mol. The average Bonchev–Trinajstić information content (AvgIpc) is 2.72. The second-order valence-electron chi connectivity index (χ2n) is 6.58. The van der Waals surface area contributed by atoms with Gasteiger partial charge in [0, 0.05) is 24.1 Å². The van der Waals surface area contributed by atoms with E-state index in [4.69, 9.17) is 9.47 Å². The molecule has 0 spiro atoms. The summed E-state index contributed by atoms with van der Waals surface area (Å²) in [6, 6.07) is 14.6. The molecule has 146 valence electrons. The van der Waals surface area contributed by atoms with Crippen LogP contribution in [0.15, 0.2) is 53.6 Å². The van der Waals surface area contributed by atoms with Gasteiger partial charge in [-0.3, -0.25) is 9.59 Å². The SMILES string of the molecule is CCOc1ccc(OCc2ccc(C(=O)N/N=C3/CCCC(=O)C3)cc2)cc1. The van der Waals surface area contributed by atoms with Crippen molar-refractivity contribution in [1.29, 1.82) is 0 Å². The molecule has 0 saturated heterocycles. The standard InChI is InChI=1S/C22H24N2O4/c1-2-27-20-10-12-21(13-11-20)28-15-16-6-8-17(9-7-16)22(26)24-23-18-4-3-5-19(25)14-18/h6-13H,2-5,14-15H2,1H3,(H,24,26)/b23-18-. The highest BCUT2D eigenvalue weighted by atomic mass is 16.5. The number of hydrogen-bond donors (Lipinski definition) is 1. The summed E-state index contributed by atoms with van der Waals surface area (Å²) in [5, 5.41) is 4.09. The van der Waals surface area contributed by atoms with Gasteiger partial charge < -0.3 is 9.47 Å². The van der Waals surface area contributed by atoms with Crippen LogP contribution in [0.5, 0.6) is 11.5 Å². The number of rotatable bonds is 7. The fourth-order valence-corrected chi connectivity index (χ4v) is 2.90. The van der Waals surface area contributed by atoms with Gasteiger partial charge in [-0.15, -0.1) is 0 Å². The monoisotopic (exact) mass is 380 g/mol. The van der Waals surface area contributed by atoms with Crippen molar-refractivity contribution in [3.8, 4) is 11.5 Å². The van der Waals surface area contributed by atoms with Crippen molar-refractivity contribution in [3.05, 3.63) is 59.7 Å². The number of amides is 1. The van der Waals surface area contributed by atoms with Gasteiger partial charge in [0.05, 0.1) is 6.61 Å². The lowest BCUT2D eigenvalue weighted by Gasteiger charge is -2.11. The minimum absolute atomic E-state index is 0.177. The molecule has 2 aromatic carbocycles. The maximum atomic E-state index is 12.2. The first-order chi connectivity index (χ1) is 13.6. The zero-order chi connectivity index (χ0) is 19.8. The highest BCUT2D eigenvalue weighted by Gasteiger charge is 2.15. The number of hydrogen-bond acceptors (Lipinski definition) is 5. The van der Waals surface area contributed by atoms with Gasteiger partial charge in [-0.05, 0) is 61.7 Å². The van der Waals surface area contributed by atoms with Crippen molar-refractivity contribution in [2.75, 3.05) is 6.61 Å². The minimum Gasteiger partial charge on any atom is -0.494 e. The molecule has 1 fully saturated rings. The van der Waals surface area contributed by atoms with Crippen LogP contribution >= 0.6 is 0 Å². The van der Waals surface area contributed by atoms with Gasteiger partial charge in [0.2, 0.25) is 0 Å². The molecule has 0 unspecified atom stereocenters. The lowest BCUT2D eigenvalue weighted by molar-refractivity contribution is -0.118. The maximum Gasteiger partial charge on any atom is 0.271 e. The zero-order valence-electron chi connectivity index (χ0n) is 15.9. The molecule has 0 radical (unpaired) electrons. The first-order valence-electron chi connectivity index (χ1n) is 9.46. The normalized spacial score (nSPS) is 15.3. The van der Waals surface area contributed by atoms with E-state index in [2.05, 4.69) is 10.5 Å². The number of nitrogens with zero attached hydrogens (tertiary/aromatic N) is 1. The number of hydrazone groups is 1. The fraction of sp³-hybridized carbons (Fsp3) is 0.318. The van der Waals surface area contributed by atoms with Gasteiger partial charge in [0.1, 0.15) is 23.9 Å². The van der Waals surface area contributed by atoms with E-state index in [1.165, 1.54) is 0 Å². The van der Waals surface area contributed by atoms with E-state index in [0.29, 0.717) is 31.6 Å². The quantitative estimate of drug-likeness (QED) is 0.739. The Morgan fingerprint density at radius 1 is 1.00 bits per heavy atom. The van der Waals surface area contributed by atoms with E-state index in [1.54, 1.807) is 12.1 Å². The number of nitrogens with one attached hydrogen (secondary N) is 1. The van der Waals surface area contributed by atoms with E-state index in [-0.39, 0.29) is 11.7 Å². The summed E-state index contributed by atoms with van der Waals surface area (Å²) < 4.78 is 11.2.